The largest absolute Gasteiger partial charge is 0.399 e. The van der Waals surface area contributed by atoms with Gasteiger partial charge in [-0.25, -0.2) is 12.8 Å². The molecular formula is C11H15FN2O2S. The van der Waals surface area contributed by atoms with Crippen LogP contribution in [0, 0.1) is 5.82 Å². The van der Waals surface area contributed by atoms with Gasteiger partial charge in [0.15, 0.2) is 9.84 Å². The molecule has 1 atom stereocenters. The van der Waals surface area contributed by atoms with Gasteiger partial charge in [0.05, 0.1) is 17.2 Å². The molecule has 0 bridgehead atoms. The van der Waals surface area contributed by atoms with Crippen molar-refractivity contribution in [3.8, 4) is 0 Å². The number of hydrogen-bond donors (Lipinski definition) is 1. The van der Waals surface area contributed by atoms with Crippen molar-refractivity contribution >= 4 is 21.2 Å². The lowest BCUT2D eigenvalue weighted by molar-refractivity contribution is 0.559. The van der Waals surface area contributed by atoms with Gasteiger partial charge in [0.25, 0.3) is 0 Å². The summed E-state index contributed by atoms with van der Waals surface area (Å²) in [5, 5.41) is 0. The standard InChI is InChI=1S/C11H15FN2O2S/c1-8-7-17(15,16)5-4-14(8)11-3-2-9(13)6-10(11)12/h2-3,6,8H,4-5,7,13H2,1H3. The third-order valence-electron chi connectivity index (χ3n) is 2.95. The van der Waals surface area contributed by atoms with E-state index >= 15 is 0 Å². The van der Waals surface area contributed by atoms with Gasteiger partial charge in [-0.1, -0.05) is 0 Å². The van der Waals surface area contributed by atoms with E-state index in [0.29, 0.717) is 17.9 Å². The van der Waals surface area contributed by atoms with E-state index in [0.717, 1.165) is 0 Å². The fourth-order valence-corrected chi connectivity index (χ4v) is 3.67. The summed E-state index contributed by atoms with van der Waals surface area (Å²) >= 11 is 0. The van der Waals surface area contributed by atoms with E-state index in [1.165, 1.54) is 6.07 Å². The number of benzene rings is 1. The Kier molecular flexibility index (Phi) is 2.99. The molecule has 0 spiro atoms. The first-order valence-corrected chi connectivity index (χ1v) is 7.23. The van der Waals surface area contributed by atoms with Crippen LogP contribution in [0.25, 0.3) is 0 Å². The van der Waals surface area contributed by atoms with Crippen LogP contribution >= 0.6 is 0 Å². The maximum atomic E-state index is 13.7. The summed E-state index contributed by atoms with van der Waals surface area (Å²) in [5.74, 6) is -0.269. The highest BCUT2D eigenvalue weighted by Crippen LogP contribution is 2.26. The Bertz CT molecular complexity index is 530. The van der Waals surface area contributed by atoms with Gasteiger partial charge in [-0.05, 0) is 25.1 Å². The van der Waals surface area contributed by atoms with Crippen molar-refractivity contribution in [1.82, 2.24) is 0 Å². The Morgan fingerprint density at radius 2 is 2.18 bits per heavy atom. The first kappa shape index (κ1) is 12.2. The van der Waals surface area contributed by atoms with Gasteiger partial charge in [0.1, 0.15) is 5.82 Å². The highest BCUT2D eigenvalue weighted by atomic mass is 32.2. The van der Waals surface area contributed by atoms with Crippen LogP contribution in [-0.2, 0) is 9.84 Å². The topological polar surface area (TPSA) is 63.4 Å². The van der Waals surface area contributed by atoms with Crippen molar-refractivity contribution in [2.75, 3.05) is 28.7 Å². The van der Waals surface area contributed by atoms with Crippen LogP contribution in [0.3, 0.4) is 0 Å². The van der Waals surface area contributed by atoms with E-state index in [1.54, 1.807) is 24.0 Å². The quantitative estimate of drug-likeness (QED) is 0.764. The summed E-state index contributed by atoms with van der Waals surface area (Å²) in [4.78, 5) is 1.77. The zero-order valence-corrected chi connectivity index (χ0v) is 10.4. The van der Waals surface area contributed by atoms with E-state index in [9.17, 15) is 12.8 Å². The van der Waals surface area contributed by atoms with Crippen LogP contribution in [0.4, 0.5) is 15.8 Å². The van der Waals surface area contributed by atoms with Gasteiger partial charge in [0, 0.05) is 18.3 Å². The summed E-state index contributed by atoms with van der Waals surface area (Å²) in [6.45, 7) is 2.11. The number of nitrogens with zero attached hydrogens (tertiary/aromatic N) is 1. The smallest absolute Gasteiger partial charge is 0.154 e. The number of nitrogens with two attached hydrogens (primary N) is 1. The zero-order chi connectivity index (χ0) is 12.6. The predicted molar refractivity (Wildman–Crippen MR) is 66.3 cm³/mol. The van der Waals surface area contributed by atoms with Crippen molar-refractivity contribution in [1.29, 1.82) is 0 Å². The minimum Gasteiger partial charge on any atom is -0.399 e. The molecule has 1 fully saturated rings. The van der Waals surface area contributed by atoms with Crippen molar-refractivity contribution in [3.63, 3.8) is 0 Å². The molecule has 2 N–H and O–H groups in total. The van der Waals surface area contributed by atoms with Crippen molar-refractivity contribution < 1.29 is 12.8 Å². The first-order valence-electron chi connectivity index (χ1n) is 5.41. The second-order valence-electron chi connectivity index (χ2n) is 4.37. The molecular weight excluding hydrogens is 243 g/mol. The van der Waals surface area contributed by atoms with E-state index < -0.39 is 15.7 Å². The van der Waals surface area contributed by atoms with Gasteiger partial charge in [-0.15, -0.1) is 0 Å². The molecule has 0 aliphatic carbocycles. The van der Waals surface area contributed by atoms with E-state index in [-0.39, 0.29) is 17.5 Å². The Balaban J connectivity index is 2.29. The van der Waals surface area contributed by atoms with Gasteiger partial charge < -0.3 is 10.6 Å². The molecule has 1 heterocycles. The van der Waals surface area contributed by atoms with E-state index in [2.05, 4.69) is 0 Å². The Morgan fingerprint density at radius 1 is 1.47 bits per heavy atom. The Hall–Kier alpha value is -1.30. The highest BCUT2D eigenvalue weighted by Gasteiger charge is 2.29. The molecule has 1 aliphatic rings. The molecule has 1 saturated heterocycles. The molecule has 1 aromatic carbocycles. The second kappa shape index (κ2) is 4.18. The lowest BCUT2D eigenvalue weighted by atomic mass is 10.2. The third kappa shape index (κ3) is 2.52. The average molecular weight is 258 g/mol. The number of sulfone groups is 1. The SMILES string of the molecule is CC1CS(=O)(=O)CCN1c1ccc(N)cc1F. The van der Waals surface area contributed by atoms with E-state index in [4.69, 9.17) is 5.73 Å². The summed E-state index contributed by atoms with van der Waals surface area (Å²) < 4.78 is 36.6. The van der Waals surface area contributed by atoms with Crippen LogP contribution in [-0.4, -0.2) is 32.5 Å². The van der Waals surface area contributed by atoms with Gasteiger partial charge >= 0.3 is 0 Å². The molecule has 1 aromatic rings. The van der Waals surface area contributed by atoms with Gasteiger partial charge in [-0.2, -0.15) is 0 Å². The molecule has 4 nitrogen and oxygen atoms in total. The van der Waals surface area contributed by atoms with Crippen molar-refractivity contribution in [3.05, 3.63) is 24.0 Å². The van der Waals surface area contributed by atoms with Crippen molar-refractivity contribution in [2.45, 2.75) is 13.0 Å². The normalized spacial score (nSPS) is 23.6. The van der Waals surface area contributed by atoms with Crippen molar-refractivity contribution in [2.24, 2.45) is 0 Å². The molecule has 0 saturated carbocycles. The Morgan fingerprint density at radius 3 is 2.76 bits per heavy atom. The second-order valence-corrected chi connectivity index (χ2v) is 6.60. The number of nitrogen functional groups attached to an aromatic ring is 1. The summed E-state index contributed by atoms with van der Waals surface area (Å²) in [6.07, 6.45) is 0. The van der Waals surface area contributed by atoms with Crippen LogP contribution in [0.5, 0.6) is 0 Å². The van der Waals surface area contributed by atoms with Crippen LogP contribution in [0.2, 0.25) is 0 Å². The summed E-state index contributed by atoms with van der Waals surface area (Å²) in [5.41, 5.74) is 6.26. The first-order chi connectivity index (χ1) is 7.89. The fraction of sp³-hybridized carbons (Fsp3) is 0.455. The molecule has 1 aliphatic heterocycles. The van der Waals surface area contributed by atoms with Gasteiger partial charge in [-0.3, -0.25) is 0 Å². The molecule has 94 valence electrons. The molecule has 0 aromatic heterocycles. The Labute approximate surface area is 100 Å². The third-order valence-corrected chi connectivity index (χ3v) is 4.75. The lowest BCUT2D eigenvalue weighted by Crippen LogP contribution is -2.47. The monoisotopic (exact) mass is 258 g/mol. The van der Waals surface area contributed by atoms with Crippen LogP contribution in [0.1, 0.15) is 6.92 Å². The molecule has 0 amide bonds. The lowest BCUT2D eigenvalue weighted by Gasteiger charge is -2.35. The van der Waals surface area contributed by atoms with Crippen LogP contribution in [0.15, 0.2) is 18.2 Å². The fourth-order valence-electron chi connectivity index (χ4n) is 2.11. The number of halogens is 1. The molecule has 0 radical (unpaired) electrons. The molecule has 1 unspecified atom stereocenters. The maximum Gasteiger partial charge on any atom is 0.154 e. The maximum absolute atomic E-state index is 13.7. The minimum atomic E-state index is -2.98. The minimum absolute atomic E-state index is 0.0663. The molecule has 17 heavy (non-hydrogen) atoms. The van der Waals surface area contributed by atoms with E-state index in [1.807, 2.05) is 0 Å². The molecule has 6 heteroatoms. The highest BCUT2D eigenvalue weighted by molar-refractivity contribution is 7.91. The zero-order valence-electron chi connectivity index (χ0n) is 9.56. The number of rotatable bonds is 1. The number of hydrogen-bond acceptors (Lipinski definition) is 4. The van der Waals surface area contributed by atoms with Crippen LogP contribution < -0.4 is 10.6 Å². The average Bonchev–Trinajstić information content (AvgIpc) is 2.18. The number of anilines is 2. The van der Waals surface area contributed by atoms with Gasteiger partial charge in [0.2, 0.25) is 0 Å². The summed E-state index contributed by atoms with van der Waals surface area (Å²) in [7, 11) is -2.98. The molecule has 2 rings (SSSR count). The predicted octanol–water partition coefficient (Wildman–Crippen LogP) is 1.03. The summed E-state index contributed by atoms with van der Waals surface area (Å²) in [6, 6.07) is 4.25.